The summed E-state index contributed by atoms with van der Waals surface area (Å²) in [6, 6.07) is 8.93. The summed E-state index contributed by atoms with van der Waals surface area (Å²) in [5.74, 6) is 0. The first-order chi connectivity index (χ1) is 8.74. The monoisotopic (exact) mass is 264 g/mol. The number of nitrogens with one attached hydrogen (secondary N) is 1. The highest BCUT2D eigenvalue weighted by atomic mass is 32.1. The van der Waals surface area contributed by atoms with Crippen molar-refractivity contribution >= 4 is 21.6 Å². The molecule has 0 saturated carbocycles. The van der Waals surface area contributed by atoms with Gasteiger partial charge in [-0.1, -0.05) is 19.1 Å². The molecule has 0 radical (unpaired) electrons. The number of ether oxygens (including phenoxy) is 1. The van der Waals surface area contributed by atoms with Crippen LogP contribution in [0.4, 0.5) is 0 Å². The fraction of sp³-hybridized carbons (Fsp3) is 0.500. The molecule has 0 bridgehead atoms. The van der Waals surface area contributed by atoms with Gasteiger partial charge in [-0.3, -0.25) is 0 Å². The Bertz CT molecular complexity index is 464. The van der Waals surface area contributed by atoms with Crippen molar-refractivity contribution in [1.82, 2.24) is 10.3 Å². The normalized spacial score (nSPS) is 14.8. The van der Waals surface area contributed by atoms with Gasteiger partial charge in [0.25, 0.3) is 0 Å². The van der Waals surface area contributed by atoms with Gasteiger partial charge in [-0.2, -0.15) is 0 Å². The molecule has 18 heavy (non-hydrogen) atoms. The molecule has 1 heterocycles. The van der Waals surface area contributed by atoms with Gasteiger partial charge < -0.3 is 10.1 Å². The summed E-state index contributed by atoms with van der Waals surface area (Å²) < 4.78 is 6.46. The van der Waals surface area contributed by atoms with E-state index in [4.69, 9.17) is 4.74 Å². The predicted molar refractivity (Wildman–Crippen MR) is 77.1 cm³/mol. The minimum Gasteiger partial charge on any atom is -0.383 e. The molecule has 0 spiro atoms. The Morgan fingerprint density at radius 1 is 1.39 bits per heavy atom. The second-order valence-corrected chi connectivity index (χ2v) is 5.53. The fourth-order valence-electron chi connectivity index (χ4n) is 1.99. The second kappa shape index (κ2) is 6.27. The summed E-state index contributed by atoms with van der Waals surface area (Å²) in [6.45, 7) is 5.07. The zero-order valence-electron chi connectivity index (χ0n) is 11.1. The zero-order chi connectivity index (χ0) is 13.0. The van der Waals surface area contributed by atoms with Crippen molar-refractivity contribution in [2.24, 2.45) is 0 Å². The number of rotatable bonds is 6. The molecule has 0 saturated heterocycles. The molecule has 0 aliphatic heterocycles. The van der Waals surface area contributed by atoms with Crippen LogP contribution in [0.15, 0.2) is 24.3 Å². The Hall–Kier alpha value is -0.970. The van der Waals surface area contributed by atoms with Crippen LogP contribution in [0.25, 0.3) is 10.2 Å². The topological polar surface area (TPSA) is 34.1 Å². The van der Waals surface area contributed by atoms with Crippen LogP contribution in [0.1, 0.15) is 31.3 Å². The quantitative estimate of drug-likeness (QED) is 0.868. The Morgan fingerprint density at radius 2 is 2.17 bits per heavy atom. The van der Waals surface area contributed by atoms with E-state index < -0.39 is 0 Å². The summed E-state index contributed by atoms with van der Waals surface area (Å²) in [4.78, 5) is 4.68. The van der Waals surface area contributed by atoms with E-state index in [2.05, 4.69) is 42.3 Å². The molecule has 0 amide bonds. The molecule has 0 aliphatic rings. The molecule has 0 aliphatic carbocycles. The van der Waals surface area contributed by atoms with Gasteiger partial charge in [0.2, 0.25) is 0 Å². The first-order valence-corrected chi connectivity index (χ1v) is 7.16. The van der Waals surface area contributed by atoms with Gasteiger partial charge in [-0.15, -0.1) is 11.3 Å². The third kappa shape index (κ3) is 3.07. The average molecular weight is 264 g/mol. The molecule has 0 fully saturated rings. The van der Waals surface area contributed by atoms with Gasteiger partial charge in [-0.25, -0.2) is 4.98 Å². The van der Waals surface area contributed by atoms with Crippen LogP contribution in [0.3, 0.4) is 0 Å². The van der Waals surface area contributed by atoms with Crippen molar-refractivity contribution in [3.63, 3.8) is 0 Å². The third-order valence-electron chi connectivity index (χ3n) is 3.03. The molecule has 98 valence electrons. The van der Waals surface area contributed by atoms with E-state index >= 15 is 0 Å². The SMILES string of the molecule is CCC(COC)NC(C)c1nc2ccccc2s1. The Morgan fingerprint density at radius 3 is 2.83 bits per heavy atom. The minimum atomic E-state index is 0.266. The van der Waals surface area contributed by atoms with Gasteiger partial charge in [0, 0.05) is 13.2 Å². The lowest BCUT2D eigenvalue weighted by Gasteiger charge is -2.20. The number of benzene rings is 1. The molecule has 1 N–H and O–H groups in total. The van der Waals surface area contributed by atoms with Crippen molar-refractivity contribution in [1.29, 1.82) is 0 Å². The van der Waals surface area contributed by atoms with E-state index in [1.165, 1.54) is 4.70 Å². The Kier molecular flexibility index (Phi) is 4.69. The predicted octanol–water partition coefficient (Wildman–Crippen LogP) is 3.37. The molecule has 2 rings (SSSR count). The maximum absolute atomic E-state index is 5.21. The van der Waals surface area contributed by atoms with Crippen LogP contribution in [0.2, 0.25) is 0 Å². The van der Waals surface area contributed by atoms with Gasteiger partial charge in [0.05, 0.1) is 22.9 Å². The zero-order valence-corrected chi connectivity index (χ0v) is 12.0. The van der Waals surface area contributed by atoms with Crippen LogP contribution >= 0.6 is 11.3 Å². The molecule has 1 aromatic carbocycles. The van der Waals surface area contributed by atoms with Gasteiger partial charge in [-0.05, 0) is 25.5 Å². The van der Waals surface area contributed by atoms with Gasteiger partial charge in [0.15, 0.2) is 0 Å². The largest absolute Gasteiger partial charge is 0.383 e. The number of nitrogens with zero attached hydrogens (tertiary/aromatic N) is 1. The average Bonchev–Trinajstić information content (AvgIpc) is 2.82. The highest BCUT2D eigenvalue weighted by Gasteiger charge is 2.15. The van der Waals surface area contributed by atoms with Gasteiger partial charge in [0.1, 0.15) is 5.01 Å². The number of hydrogen-bond donors (Lipinski definition) is 1. The lowest BCUT2D eigenvalue weighted by molar-refractivity contribution is 0.159. The first-order valence-electron chi connectivity index (χ1n) is 6.35. The Labute approximate surface area is 112 Å². The smallest absolute Gasteiger partial charge is 0.111 e. The maximum atomic E-state index is 5.21. The maximum Gasteiger partial charge on any atom is 0.111 e. The molecule has 4 heteroatoms. The van der Waals surface area contributed by atoms with Crippen LogP contribution in [0.5, 0.6) is 0 Å². The minimum absolute atomic E-state index is 0.266. The molecule has 1 aromatic heterocycles. The number of thiazole rings is 1. The van der Waals surface area contributed by atoms with Crippen molar-refractivity contribution < 1.29 is 4.74 Å². The lowest BCUT2D eigenvalue weighted by Crippen LogP contribution is -2.34. The summed E-state index contributed by atoms with van der Waals surface area (Å²) in [5, 5.41) is 4.71. The first kappa shape index (κ1) is 13.5. The number of para-hydroxylation sites is 1. The summed E-state index contributed by atoms with van der Waals surface area (Å²) >= 11 is 1.76. The third-order valence-corrected chi connectivity index (χ3v) is 4.25. The van der Waals surface area contributed by atoms with E-state index in [9.17, 15) is 0 Å². The second-order valence-electron chi connectivity index (χ2n) is 4.47. The number of hydrogen-bond acceptors (Lipinski definition) is 4. The fourth-order valence-corrected chi connectivity index (χ4v) is 2.96. The van der Waals surface area contributed by atoms with Crippen LogP contribution in [-0.4, -0.2) is 24.7 Å². The Balaban J connectivity index is 2.10. The lowest BCUT2D eigenvalue weighted by atomic mass is 10.2. The van der Waals surface area contributed by atoms with Crippen LogP contribution in [0, 0.1) is 0 Å². The van der Waals surface area contributed by atoms with E-state index in [1.807, 2.05) is 6.07 Å². The number of aromatic nitrogens is 1. The van der Waals surface area contributed by atoms with E-state index in [-0.39, 0.29) is 6.04 Å². The molecular weight excluding hydrogens is 244 g/mol. The summed E-state index contributed by atoms with van der Waals surface area (Å²) in [7, 11) is 1.74. The van der Waals surface area contributed by atoms with E-state index in [0.717, 1.165) is 23.6 Å². The van der Waals surface area contributed by atoms with Crippen molar-refractivity contribution in [3.8, 4) is 0 Å². The standard InChI is InChI=1S/C14H20N2OS/c1-4-11(9-17-3)15-10(2)14-16-12-7-5-6-8-13(12)18-14/h5-8,10-11,15H,4,9H2,1-3H3. The number of methoxy groups -OCH3 is 1. The highest BCUT2D eigenvalue weighted by Crippen LogP contribution is 2.26. The van der Waals surface area contributed by atoms with E-state index in [0.29, 0.717) is 6.04 Å². The van der Waals surface area contributed by atoms with Crippen molar-refractivity contribution in [3.05, 3.63) is 29.3 Å². The highest BCUT2D eigenvalue weighted by molar-refractivity contribution is 7.18. The molecule has 3 nitrogen and oxygen atoms in total. The van der Waals surface area contributed by atoms with Crippen LogP contribution in [-0.2, 0) is 4.74 Å². The molecule has 2 aromatic rings. The summed E-state index contributed by atoms with van der Waals surface area (Å²) in [6.07, 6.45) is 1.06. The van der Waals surface area contributed by atoms with Crippen LogP contribution < -0.4 is 5.32 Å². The van der Waals surface area contributed by atoms with E-state index in [1.54, 1.807) is 18.4 Å². The van der Waals surface area contributed by atoms with Gasteiger partial charge >= 0.3 is 0 Å². The number of fused-ring (bicyclic) bond motifs is 1. The van der Waals surface area contributed by atoms with Crippen molar-refractivity contribution in [2.45, 2.75) is 32.4 Å². The summed E-state index contributed by atoms with van der Waals surface area (Å²) in [5.41, 5.74) is 1.09. The van der Waals surface area contributed by atoms with Crippen molar-refractivity contribution in [2.75, 3.05) is 13.7 Å². The molecule has 2 unspecified atom stereocenters. The molecule has 2 atom stereocenters. The molecular formula is C14H20N2OS.